The largest absolute Gasteiger partial charge is 0.378 e. The molecule has 0 spiro atoms. The van der Waals surface area contributed by atoms with E-state index in [1.807, 2.05) is 77.6 Å². The number of rotatable bonds is 7. The standard InChI is InChI=1S/C38H31FN6O/c39-33-26-35-32(25-31(33)34-17-19-41-42-34)37(27-16-18-40-36(24-27)44-20-22-46-23-21-44)43-45(35)38(28-10-4-1-5-11-28,29-12-6-2-7-13-29)30-14-8-3-9-15-30/h1-19,24-26H,20-23H2,(H,41,42). The van der Waals surface area contributed by atoms with Crippen molar-refractivity contribution in [3.8, 4) is 22.5 Å². The second-order valence-corrected chi connectivity index (χ2v) is 11.4. The van der Waals surface area contributed by atoms with Crippen LogP contribution in [-0.4, -0.2) is 51.3 Å². The molecule has 4 aromatic carbocycles. The number of ether oxygens (including phenoxy) is 1. The van der Waals surface area contributed by atoms with Crippen LogP contribution in [0.1, 0.15) is 16.7 Å². The molecule has 8 rings (SSSR count). The van der Waals surface area contributed by atoms with Crippen LogP contribution in [0.2, 0.25) is 0 Å². The fraction of sp³-hybridized carbons (Fsp3) is 0.132. The van der Waals surface area contributed by atoms with Gasteiger partial charge in [0.2, 0.25) is 0 Å². The number of aromatic amines is 1. The highest BCUT2D eigenvalue weighted by atomic mass is 19.1. The Hall–Kier alpha value is -5.60. The molecule has 8 heteroatoms. The van der Waals surface area contributed by atoms with Crippen molar-refractivity contribution in [2.24, 2.45) is 0 Å². The first kappa shape index (κ1) is 27.9. The fourth-order valence-corrected chi connectivity index (χ4v) is 6.65. The number of hydrogen-bond donors (Lipinski definition) is 1. The van der Waals surface area contributed by atoms with E-state index in [4.69, 9.17) is 14.8 Å². The average Bonchev–Trinajstić information content (AvgIpc) is 3.79. The lowest BCUT2D eigenvalue weighted by molar-refractivity contribution is 0.122. The highest BCUT2D eigenvalue weighted by molar-refractivity contribution is 5.97. The van der Waals surface area contributed by atoms with Crippen molar-refractivity contribution in [3.63, 3.8) is 0 Å². The predicted octanol–water partition coefficient (Wildman–Crippen LogP) is 7.30. The highest BCUT2D eigenvalue weighted by Crippen LogP contribution is 2.45. The van der Waals surface area contributed by atoms with Crippen LogP contribution in [0.25, 0.3) is 33.4 Å². The highest BCUT2D eigenvalue weighted by Gasteiger charge is 2.41. The third-order valence-corrected chi connectivity index (χ3v) is 8.81. The van der Waals surface area contributed by atoms with Gasteiger partial charge in [0.1, 0.15) is 22.9 Å². The molecule has 0 radical (unpaired) electrons. The van der Waals surface area contributed by atoms with Crippen LogP contribution in [-0.2, 0) is 10.3 Å². The SMILES string of the molecule is Fc1cc2c(cc1-c1ccn[nH]1)c(-c1ccnc(N3CCOCC3)c1)nn2C(c1ccccc1)(c1ccccc1)c1ccccc1. The van der Waals surface area contributed by atoms with Crippen molar-refractivity contribution in [1.82, 2.24) is 25.0 Å². The second-order valence-electron chi connectivity index (χ2n) is 11.4. The van der Waals surface area contributed by atoms with Crippen molar-refractivity contribution in [1.29, 1.82) is 0 Å². The lowest BCUT2D eigenvalue weighted by Crippen LogP contribution is -2.38. The number of hydrogen-bond acceptors (Lipinski definition) is 5. The van der Waals surface area contributed by atoms with Gasteiger partial charge in [0.15, 0.2) is 0 Å². The molecular formula is C38H31FN6O. The average molecular weight is 607 g/mol. The number of anilines is 1. The molecule has 1 saturated heterocycles. The summed E-state index contributed by atoms with van der Waals surface area (Å²) in [5.74, 6) is 0.496. The maximum absolute atomic E-state index is 16.3. The zero-order valence-electron chi connectivity index (χ0n) is 25.1. The van der Waals surface area contributed by atoms with Crippen LogP contribution in [0.15, 0.2) is 134 Å². The van der Waals surface area contributed by atoms with Crippen molar-refractivity contribution >= 4 is 16.7 Å². The van der Waals surface area contributed by atoms with Gasteiger partial charge in [-0.05, 0) is 41.0 Å². The Labute approximate surface area is 265 Å². The Kier molecular flexibility index (Phi) is 7.11. The molecule has 0 saturated carbocycles. The van der Waals surface area contributed by atoms with Gasteiger partial charge < -0.3 is 9.64 Å². The number of halogens is 1. The van der Waals surface area contributed by atoms with Gasteiger partial charge in [-0.15, -0.1) is 0 Å². The molecule has 0 aliphatic carbocycles. The normalized spacial score (nSPS) is 13.7. The maximum atomic E-state index is 16.3. The van der Waals surface area contributed by atoms with E-state index in [-0.39, 0.29) is 5.82 Å². The minimum Gasteiger partial charge on any atom is -0.378 e. The Bertz CT molecular complexity index is 1990. The number of aromatic nitrogens is 5. The van der Waals surface area contributed by atoms with Gasteiger partial charge in [-0.2, -0.15) is 10.2 Å². The topological polar surface area (TPSA) is 71.9 Å². The van der Waals surface area contributed by atoms with E-state index in [0.29, 0.717) is 30.0 Å². The zero-order valence-corrected chi connectivity index (χ0v) is 25.1. The molecule has 4 heterocycles. The summed E-state index contributed by atoms with van der Waals surface area (Å²) in [6, 6.07) is 40.3. The molecular weight excluding hydrogens is 575 g/mol. The number of fused-ring (bicyclic) bond motifs is 1. The van der Waals surface area contributed by atoms with Crippen LogP contribution in [0.5, 0.6) is 0 Å². The zero-order chi connectivity index (χ0) is 30.9. The molecule has 0 amide bonds. The Morgan fingerprint density at radius 2 is 1.35 bits per heavy atom. The summed E-state index contributed by atoms with van der Waals surface area (Å²) in [4.78, 5) is 6.93. The summed E-state index contributed by atoms with van der Waals surface area (Å²) in [7, 11) is 0. The first-order chi connectivity index (χ1) is 22.7. The summed E-state index contributed by atoms with van der Waals surface area (Å²) in [6.07, 6.45) is 3.45. The second kappa shape index (κ2) is 11.7. The molecule has 1 aliphatic heterocycles. The van der Waals surface area contributed by atoms with Gasteiger partial charge in [0.05, 0.1) is 24.4 Å². The van der Waals surface area contributed by atoms with Crippen LogP contribution >= 0.6 is 0 Å². The minimum atomic E-state index is -0.928. The number of benzene rings is 4. The lowest BCUT2D eigenvalue weighted by atomic mass is 9.77. The molecule has 1 aliphatic rings. The molecule has 0 atom stereocenters. The molecule has 0 unspecified atom stereocenters. The van der Waals surface area contributed by atoms with Crippen molar-refractivity contribution < 1.29 is 9.13 Å². The maximum Gasteiger partial charge on any atom is 0.138 e. The summed E-state index contributed by atoms with van der Waals surface area (Å²) < 4.78 is 23.9. The van der Waals surface area contributed by atoms with Crippen LogP contribution in [0.4, 0.5) is 10.2 Å². The fourth-order valence-electron chi connectivity index (χ4n) is 6.65. The Balaban J connectivity index is 1.47. The van der Waals surface area contributed by atoms with Crippen LogP contribution in [0, 0.1) is 5.82 Å². The van der Waals surface area contributed by atoms with Crippen molar-refractivity contribution in [2.45, 2.75) is 5.54 Å². The third-order valence-electron chi connectivity index (χ3n) is 8.81. The predicted molar refractivity (Wildman–Crippen MR) is 178 cm³/mol. The Morgan fingerprint density at radius 3 is 1.93 bits per heavy atom. The molecule has 7 aromatic rings. The van der Waals surface area contributed by atoms with E-state index in [0.717, 1.165) is 52.2 Å². The summed E-state index contributed by atoms with van der Waals surface area (Å²) in [5.41, 5.74) is 5.41. The lowest BCUT2D eigenvalue weighted by Gasteiger charge is -2.37. The number of pyridine rings is 1. The van der Waals surface area contributed by atoms with E-state index >= 15 is 4.39 Å². The van der Waals surface area contributed by atoms with Crippen LogP contribution in [0.3, 0.4) is 0 Å². The van der Waals surface area contributed by atoms with Gasteiger partial charge in [0.25, 0.3) is 0 Å². The van der Waals surface area contributed by atoms with E-state index in [1.54, 1.807) is 18.3 Å². The molecule has 46 heavy (non-hydrogen) atoms. The number of nitrogens with zero attached hydrogens (tertiary/aromatic N) is 5. The van der Waals surface area contributed by atoms with Gasteiger partial charge in [-0.1, -0.05) is 91.0 Å². The van der Waals surface area contributed by atoms with Gasteiger partial charge in [-0.25, -0.2) is 14.1 Å². The van der Waals surface area contributed by atoms with E-state index in [1.165, 1.54) is 0 Å². The van der Waals surface area contributed by atoms with Crippen molar-refractivity contribution in [3.05, 3.63) is 156 Å². The molecule has 7 nitrogen and oxygen atoms in total. The quantitative estimate of drug-likeness (QED) is 0.193. The Morgan fingerprint density at radius 1 is 0.717 bits per heavy atom. The number of H-pyrrole nitrogens is 1. The van der Waals surface area contributed by atoms with Gasteiger partial charge in [0, 0.05) is 48.1 Å². The van der Waals surface area contributed by atoms with Crippen LogP contribution < -0.4 is 4.90 Å². The van der Waals surface area contributed by atoms with Gasteiger partial charge in [-0.3, -0.25) is 5.10 Å². The summed E-state index contributed by atoms with van der Waals surface area (Å²) >= 11 is 0. The first-order valence-electron chi connectivity index (χ1n) is 15.4. The molecule has 0 bridgehead atoms. The smallest absolute Gasteiger partial charge is 0.138 e. The first-order valence-corrected chi connectivity index (χ1v) is 15.4. The number of morpholine rings is 1. The minimum absolute atomic E-state index is 0.365. The van der Waals surface area contributed by atoms with Gasteiger partial charge >= 0.3 is 0 Å². The monoisotopic (exact) mass is 606 g/mol. The molecule has 1 N–H and O–H groups in total. The van der Waals surface area contributed by atoms with E-state index in [2.05, 4.69) is 57.6 Å². The number of nitrogens with one attached hydrogen (secondary N) is 1. The van der Waals surface area contributed by atoms with Crippen molar-refractivity contribution in [2.75, 3.05) is 31.2 Å². The third kappa shape index (κ3) is 4.66. The summed E-state index contributed by atoms with van der Waals surface area (Å²) in [6.45, 7) is 2.84. The molecule has 226 valence electrons. The van der Waals surface area contributed by atoms with E-state index < -0.39 is 5.54 Å². The van der Waals surface area contributed by atoms with E-state index in [9.17, 15) is 0 Å². The summed E-state index contributed by atoms with van der Waals surface area (Å²) in [5, 5.41) is 13.3. The molecule has 3 aromatic heterocycles. The molecule has 1 fully saturated rings.